The minimum absolute atomic E-state index is 0.205. The maximum atomic E-state index is 11.3. The highest BCUT2D eigenvalue weighted by Crippen LogP contribution is 1.98. The normalized spacial score (nSPS) is 14.4. The number of hydrogen-bond acceptors (Lipinski definition) is 3. The maximum Gasteiger partial charge on any atom is 0.325 e. The topological polar surface area (TPSA) is 98.9 Å². The molecule has 1 aliphatic rings. The average molecular weight is 207 g/mol. The Bertz CT molecular complexity index is 409. The van der Waals surface area contributed by atoms with Crippen LogP contribution in [-0.4, -0.2) is 28.5 Å². The van der Waals surface area contributed by atoms with Crippen LogP contribution in [0.5, 0.6) is 0 Å². The molecule has 2 rings (SSSR count). The Kier molecular flexibility index (Phi) is 2.36. The summed E-state index contributed by atoms with van der Waals surface area (Å²) in [4.78, 5) is 28.6. The molecule has 0 unspecified atom stereocenters. The van der Waals surface area contributed by atoms with E-state index in [1.807, 2.05) is 0 Å². The van der Waals surface area contributed by atoms with E-state index in [9.17, 15) is 9.59 Å². The highest BCUT2D eigenvalue weighted by atomic mass is 16.2. The zero-order valence-electron chi connectivity index (χ0n) is 7.70. The Morgan fingerprint density at radius 3 is 2.93 bits per heavy atom. The van der Waals surface area contributed by atoms with Crippen molar-refractivity contribution in [3.8, 4) is 0 Å². The van der Waals surface area contributed by atoms with Gasteiger partial charge in [-0.3, -0.25) is 10.1 Å². The Morgan fingerprint density at radius 2 is 2.33 bits per heavy atom. The van der Waals surface area contributed by atoms with Crippen LogP contribution in [-0.2, 0) is 4.79 Å². The third-order valence-corrected chi connectivity index (χ3v) is 1.76. The van der Waals surface area contributed by atoms with Gasteiger partial charge in [0, 0.05) is 24.2 Å². The fraction of sp³-hybridized carbons (Fsp3) is 0.125. The van der Waals surface area contributed by atoms with Gasteiger partial charge in [0.15, 0.2) is 0 Å². The number of carbonyl (C=O) groups excluding carboxylic acids is 2. The monoisotopic (exact) mass is 207 g/mol. The Balaban J connectivity index is 1.88. The van der Waals surface area contributed by atoms with Crippen LogP contribution in [0.4, 0.5) is 10.7 Å². The summed E-state index contributed by atoms with van der Waals surface area (Å²) in [6.07, 6.45) is 4.45. The quantitative estimate of drug-likeness (QED) is 0.528. The molecule has 7 heteroatoms. The van der Waals surface area contributed by atoms with E-state index in [0.29, 0.717) is 18.2 Å². The van der Waals surface area contributed by atoms with Gasteiger partial charge in [0.1, 0.15) is 0 Å². The first-order valence-electron chi connectivity index (χ1n) is 4.30. The molecule has 1 aliphatic heterocycles. The number of amides is 3. The average Bonchev–Trinajstić information content (AvgIpc) is 2.77. The van der Waals surface area contributed by atoms with Crippen molar-refractivity contribution in [3.05, 3.63) is 24.2 Å². The summed E-state index contributed by atoms with van der Waals surface area (Å²) in [5.41, 5.74) is 0.532. The number of anilines is 1. The number of carbonyl (C=O) groups is 2. The van der Waals surface area contributed by atoms with Gasteiger partial charge in [0.05, 0.1) is 6.54 Å². The van der Waals surface area contributed by atoms with E-state index in [0.717, 1.165) is 0 Å². The summed E-state index contributed by atoms with van der Waals surface area (Å²) in [7, 11) is 0. The lowest BCUT2D eigenvalue weighted by atomic mass is 10.4. The van der Waals surface area contributed by atoms with Crippen LogP contribution in [0.1, 0.15) is 0 Å². The van der Waals surface area contributed by atoms with Crippen molar-refractivity contribution in [2.24, 2.45) is 0 Å². The lowest BCUT2D eigenvalue weighted by molar-refractivity contribution is -0.115. The van der Waals surface area contributed by atoms with Gasteiger partial charge < -0.3 is 15.6 Å². The van der Waals surface area contributed by atoms with Crippen molar-refractivity contribution in [1.29, 1.82) is 0 Å². The van der Waals surface area contributed by atoms with Crippen molar-refractivity contribution in [2.45, 2.75) is 0 Å². The lowest BCUT2D eigenvalue weighted by Gasteiger charge is -2.04. The van der Waals surface area contributed by atoms with E-state index in [1.165, 1.54) is 12.3 Å². The van der Waals surface area contributed by atoms with Crippen LogP contribution in [0.3, 0.4) is 0 Å². The molecule has 1 aromatic heterocycles. The van der Waals surface area contributed by atoms with E-state index in [2.05, 4.69) is 25.9 Å². The van der Waals surface area contributed by atoms with Gasteiger partial charge in [-0.05, 0) is 0 Å². The maximum absolute atomic E-state index is 11.3. The number of imidazole rings is 1. The predicted octanol–water partition coefficient (Wildman–Crippen LogP) is -0.455. The standard InChI is InChI=1S/C8H9N5O2/c14-6-3-5(4-11-6)12-8(15)13-7-9-1-2-10-7/h1-3H,4H2,(H,11,14)(H3,9,10,12,13,15). The molecule has 1 aromatic rings. The second kappa shape index (κ2) is 3.82. The van der Waals surface area contributed by atoms with Gasteiger partial charge >= 0.3 is 6.03 Å². The fourth-order valence-electron chi connectivity index (χ4n) is 1.14. The molecule has 2 heterocycles. The second-order valence-corrected chi connectivity index (χ2v) is 2.90. The lowest BCUT2D eigenvalue weighted by Crippen LogP contribution is -2.30. The number of hydrogen-bond donors (Lipinski definition) is 4. The van der Waals surface area contributed by atoms with Crippen molar-refractivity contribution in [2.75, 3.05) is 11.9 Å². The predicted molar refractivity (Wildman–Crippen MR) is 51.8 cm³/mol. The Morgan fingerprint density at radius 1 is 1.47 bits per heavy atom. The first-order valence-corrected chi connectivity index (χ1v) is 4.30. The van der Waals surface area contributed by atoms with Crippen LogP contribution in [0.2, 0.25) is 0 Å². The molecule has 3 amide bonds. The number of aromatic amines is 1. The molecule has 0 aliphatic carbocycles. The molecule has 0 atom stereocenters. The van der Waals surface area contributed by atoms with Crippen molar-refractivity contribution >= 4 is 17.9 Å². The highest BCUT2D eigenvalue weighted by molar-refractivity contribution is 5.94. The summed E-state index contributed by atoms with van der Waals surface area (Å²) < 4.78 is 0. The van der Waals surface area contributed by atoms with Gasteiger partial charge in [-0.1, -0.05) is 0 Å². The Labute approximate surface area is 85.0 Å². The van der Waals surface area contributed by atoms with Gasteiger partial charge in [-0.2, -0.15) is 0 Å². The van der Waals surface area contributed by atoms with Crippen LogP contribution < -0.4 is 16.0 Å². The Hall–Kier alpha value is -2.31. The molecule has 0 spiro atoms. The van der Waals surface area contributed by atoms with Gasteiger partial charge in [0.2, 0.25) is 11.9 Å². The largest absolute Gasteiger partial charge is 0.347 e. The number of nitrogens with zero attached hydrogens (tertiary/aromatic N) is 1. The van der Waals surface area contributed by atoms with Crippen LogP contribution in [0.25, 0.3) is 0 Å². The number of H-pyrrole nitrogens is 1. The van der Waals surface area contributed by atoms with Gasteiger partial charge in [0.25, 0.3) is 0 Å². The molecule has 4 N–H and O–H groups in total. The third kappa shape index (κ3) is 2.33. The summed E-state index contributed by atoms with van der Waals surface area (Å²) >= 11 is 0. The fourth-order valence-corrected chi connectivity index (χ4v) is 1.14. The number of aromatic nitrogens is 2. The number of rotatable bonds is 2. The van der Waals surface area contributed by atoms with E-state index in [1.54, 1.807) is 6.20 Å². The van der Waals surface area contributed by atoms with Crippen LogP contribution in [0, 0.1) is 0 Å². The van der Waals surface area contributed by atoms with Crippen LogP contribution >= 0.6 is 0 Å². The molecule has 0 saturated carbocycles. The van der Waals surface area contributed by atoms with Crippen LogP contribution in [0.15, 0.2) is 24.2 Å². The number of nitrogens with one attached hydrogen (secondary N) is 4. The molecule has 78 valence electrons. The highest BCUT2D eigenvalue weighted by Gasteiger charge is 2.13. The van der Waals surface area contributed by atoms with E-state index >= 15 is 0 Å². The molecule has 0 saturated heterocycles. The van der Waals surface area contributed by atoms with Crippen molar-refractivity contribution in [1.82, 2.24) is 20.6 Å². The van der Waals surface area contributed by atoms with E-state index < -0.39 is 6.03 Å². The van der Waals surface area contributed by atoms with E-state index in [-0.39, 0.29) is 5.91 Å². The molecular formula is C8H9N5O2. The molecule has 7 nitrogen and oxygen atoms in total. The summed E-state index contributed by atoms with van der Waals surface area (Å²) in [6, 6.07) is -0.437. The first-order chi connectivity index (χ1) is 7.24. The zero-order chi connectivity index (χ0) is 10.7. The summed E-state index contributed by atoms with van der Waals surface area (Å²) in [6.45, 7) is 0.338. The molecule has 0 radical (unpaired) electrons. The molecule has 0 fully saturated rings. The SMILES string of the molecule is O=C1C=C(NC(=O)Nc2ncc[nH]2)CN1. The molecular weight excluding hydrogens is 198 g/mol. The van der Waals surface area contributed by atoms with E-state index in [4.69, 9.17) is 0 Å². The van der Waals surface area contributed by atoms with Gasteiger partial charge in [-0.15, -0.1) is 0 Å². The molecule has 15 heavy (non-hydrogen) atoms. The van der Waals surface area contributed by atoms with Crippen molar-refractivity contribution in [3.63, 3.8) is 0 Å². The minimum atomic E-state index is -0.437. The summed E-state index contributed by atoms with van der Waals surface area (Å²) in [5.74, 6) is 0.147. The third-order valence-electron chi connectivity index (χ3n) is 1.76. The zero-order valence-corrected chi connectivity index (χ0v) is 7.70. The first kappa shape index (κ1) is 9.25. The molecule has 0 aromatic carbocycles. The second-order valence-electron chi connectivity index (χ2n) is 2.90. The van der Waals surface area contributed by atoms with Gasteiger partial charge in [-0.25, -0.2) is 9.78 Å². The number of urea groups is 1. The summed E-state index contributed by atoms with van der Waals surface area (Å²) in [5, 5.41) is 7.52. The smallest absolute Gasteiger partial charge is 0.325 e. The van der Waals surface area contributed by atoms with Crippen molar-refractivity contribution < 1.29 is 9.59 Å². The molecule has 0 bridgehead atoms. The minimum Gasteiger partial charge on any atom is -0.347 e.